The summed E-state index contributed by atoms with van der Waals surface area (Å²) in [6.07, 6.45) is 3.36. The maximum absolute atomic E-state index is 11.4. The van der Waals surface area contributed by atoms with Crippen LogP contribution >= 0.6 is 15.9 Å². The molecule has 0 aliphatic carbocycles. The molecule has 2 heterocycles. The van der Waals surface area contributed by atoms with Gasteiger partial charge in [-0.05, 0) is 35.0 Å². The third-order valence-electron chi connectivity index (χ3n) is 2.47. The van der Waals surface area contributed by atoms with Gasteiger partial charge in [0.05, 0.1) is 18.3 Å². The van der Waals surface area contributed by atoms with Crippen molar-refractivity contribution in [3.63, 3.8) is 0 Å². The molecule has 2 aromatic rings. The molecule has 0 spiro atoms. The van der Waals surface area contributed by atoms with Crippen molar-refractivity contribution < 1.29 is 9.53 Å². The number of aromatic nitrogens is 2. The number of carbonyl (C=O) groups is 1. The molecule has 0 aliphatic heterocycles. The van der Waals surface area contributed by atoms with E-state index in [4.69, 9.17) is 0 Å². The number of fused-ring (bicyclic) bond motifs is 1. The van der Waals surface area contributed by atoms with Crippen LogP contribution in [0.25, 0.3) is 11.0 Å². The van der Waals surface area contributed by atoms with Gasteiger partial charge in [-0.15, -0.1) is 0 Å². The number of ether oxygens (including phenoxy) is 1. The van der Waals surface area contributed by atoms with Gasteiger partial charge in [0.15, 0.2) is 0 Å². The van der Waals surface area contributed by atoms with Gasteiger partial charge in [-0.3, -0.25) is 9.97 Å². The molecule has 0 saturated heterocycles. The Hall–Kier alpha value is -1.69. The van der Waals surface area contributed by atoms with Crippen LogP contribution in [0.2, 0.25) is 0 Å². The van der Waals surface area contributed by atoms with Crippen LogP contribution in [0.5, 0.6) is 0 Å². The minimum Gasteiger partial charge on any atom is -0.467 e. The smallest absolute Gasteiger partial charge is 0.327 e. The van der Waals surface area contributed by atoms with Gasteiger partial charge in [0, 0.05) is 16.9 Å². The second-order valence-electron chi connectivity index (χ2n) is 3.77. The molecular weight excluding hydrogens is 298 g/mol. The molecule has 2 rings (SSSR count). The molecule has 5 nitrogen and oxygen atoms in total. The summed E-state index contributed by atoms with van der Waals surface area (Å²) in [5.74, 6) is -0.322. The highest BCUT2D eigenvalue weighted by Crippen LogP contribution is 2.22. The lowest BCUT2D eigenvalue weighted by molar-refractivity contribution is -0.141. The number of anilines is 1. The van der Waals surface area contributed by atoms with Gasteiger partial charge in [0.2, 0.25) is 0 Å². The van der Waals surface area contributed by atoms with Crippen molar-refractivity contribution in [2.75, 3.05) is 12.4 Å². The average Bonchev–Trinajstić information content (AvgIpc) is 2.37. The van der Waals surface area contributed by atoms with Gasteiger partial charge >= 0.3 is 5.97 Å². The monoisotopic (exact) mass is 309 g/mol. The van der Waals surface area contributed by atoms with E-state index in [1.165, 1.54) is 7.11 Å². The quantitative estimate of drug-likeness (QED) is 0.882. The Morgan fingerprint density at radius 2 is 2.28 bits per heavy atom. The summed E-state index contributed by atoms with van der Waals surface area (Å²) < 4.78 is 5.53. The summed E-state index contributed by atoms with van der Waals surface area (Å²) in [6.45, 7) is 1.73. The van der Waals surface area contributed by atoms with E-state index >= 15 is 0 Å². The Morgan fingerprint density at radius 1 is 1.50 bits per heavy atom. The number of nitrogens with one attached hydrogen (secondary N) is 1. The lowest BCUT2D eigenvalue weighted by atomic mass is 10.2. The van der Waals surface area contributed by atoms with Crippen molar-refractivity contribution >= 4 is 38.6 Å². The maximum atomic E-state index is 11.4. The van der Waals surface area contributed by atoms with Crippen LogP contribution in [0.15, 0.2) is 29.0 Å². The summed E-state index contributed by atoms with van der Waals surface area (Å²) in [7, 11) is 1.36. The summed E-state index contributed by atoms with van der Waals surface area (Å²) in [4.78, 5) is 19.9. The zero-order chi connectivity index (χ0) is 13.1. The van der Waals surface area contributed by atoms with Crippen molar-refractivity contribution in [3.8, 4) is 0 Å². The first-order valence-electron chi connectivity index (χ1n) is 5.36. The first-order valence-corrected chi connectivity index (χ1v) is 6.15. The number of halogens is 1. The average molecular weight is 310 g/mol. The molecule has 0 saturated carbocycles. The molecule has 1 N–H and O–H groups in total. The first-order chi connectivity index (χ1) is 8.61. The number of hydrogen-bond acceptors (Lipinski definition) is 5. The van der Waals surface area contributed by atoms with E-state index in [2.05, 4.69) is 36.0 Å². The second-order valence-corrected chi connectivity index (χ2v) is 4.68. The largest absolute Gasteiger partial charge is 0.467 e. The third-order valence-corrected chi connectivity index (χ3v) is 2.90. The lowest BCUT2D eigenvalue weighted by Crippen LogP contribution is -2.27. The van der Waals surface area contributed by atoms with E-state index in [1.54, 1.807) is 25.4 Å². The Bertz CT molecular complexity index is 589. The van der Waals surface area contributed by atoms with Gasteiger partial charge < -0.3 is 10.1 Å². The predicted octanol–water partition coefficient (Wildman–Crippen LogP) is 2.37. The van der Waals surface area contributed by atoms with E-state index in [9.17, 15) is 4.79 Å². The highest BCUT2D eigenvalue weighted by atomic mass is 79.9. The minimum absolute atomic E-state index is 0.322. The molecule has 0 aromatic carbocycles. The van der Waals surface area contributed by atoms with E-state index in [0.29, 0.717) is 0 Å². The second kappa shape index (κ2) is 5.30. The number of rotatable bonds is 3. The molecule has 0 amide bonds. The van der Waals surface area contributed by atoms with Crippen LogP contribution in [0.3, 0.4) is 0 Å². The van der Waals surface area contributed by atoms with Gasteiger partial charge in [-0.25, -0.2) is 4.79 Å². The standard InChI is InChI=1S/C12H12BrN3O2/c1-7(12(17)18-2)16-9-3-4-14-10-5-8(13)6-15-11(9)10/h3-7H,1-2H3,(H,14,16). The molecule has 18 heavy (non-hydrogen) atoms. The Kier molecular flexibility index (Phi) is 3.76. The molecule has 0 radical (unpaired) electrons. The molecule has 6 heteroatoms. The molecule has 1 atom stereocenters. The lowest BCUT2D eigenvalue weighted by Gasteiger charge is -2.13. The molecule has 0 aliphatic rings. The van der Waals surface area contributed by atoms with E-state index in [1.807, 2.05) is 6.07 Å². The fourth-order valence-electron chi connectivity index (χ4n) is 1.59. The third kappa shape index (κ3) is 2.59. The van der Waals surface area contributed by atoms with Crippen LogP contribution in [0.1, 0.15) is 6.92 Å². The summed E-state index contributed by atoms with van der Waals surface area (Å²) in [6, 6.07) is 3.21. The van der Waals surface area contributed by atoms with Crippen molar-refractivity contribution in [2.24, 2.45) is 0 Å². The van der Waals surface area contributed by atoms with Gasteiger partial charge in [0.1, 0.15) is 11.6 Å². The van der Waals surface area contributed by atoms with Crippen LogP contribution in [0.4, 0.5) is 5.69 Å². The molecule has 94 valence electrons. The number of methoxy groups -OCH3 is 1. The molecular formula is C12H12BrN3O2. The zero-order valence-corrected chi connectivity index (χ0v) is 11.6. The van der Waals surface area contributed by atoms with Gasteiger partial charge in [0.25, 0.3) is 0 Å². The van der Waals surface area contributed by atoms with Crippen LogP contribution < -0.4 is 5.32 Å². The highest BCUT2D eigenvalue weighted by Gasteiger charge is 2.14. The van der Waals surface area contributed by atoms with Crippen molar-refractivity contribution in [2.45, 2.75) is 13.0 Å². The van der Waals surface area contributed by atoms with E-state index in [-0.39, 0.29) is 5.97 Å². The highest BCUT2D eigenvalue weighted by molar-refractivity contribution is 9.10. The van der Waals surface area contributed by atoms with Crippen LogP contribution in [-0.2, 0) is 9.53 Å². The van der Waals surface area contributed by atoms with E-state index < -0.39 is 6.04 Å². The number of pyridine rings is 2. The van der Waals surface area contributed by atoms with Crippen molar-refractivity contribution in [1.29, 1.82) is 0 Å². The Labute approximate surface area is 113 Å². The summed E-state index contributed by atoms with van der Waals surface area (Å²) in [5, 5.41) is 3.06. The van der Waals surface area contributed by atoms with Crippen molar-refractivity contribution in [1.82, 2.24) is 9.97 Å². The maximum Gasteiger partial charge on any atom is 0.327 e. The molecule has 1 unspecified atom stereocenters. The van der Waals surface area contributed by atoms with Gasteiger partial charge in [-0.1, -0.05) is 0 Å². The summed E-state index contributed by atoms with van der Waals surface area (Å²) in [5.41, 5.74) is 2.23. The zero-order valence-electron chi connectivity index (χ0n) is 9.98. The molecule has 0 fully saturated rings. The van der Waals surface area contributed by atoms with Crippen LogP contribution in [-0.4, -0.2) is 29.1 Å². The fraction of sp³-hybridized carbons (Fsp3) is 0.250. The topological polar surface area (TPSA) is 64.1 Å². The SMILES string of the molecule is COC(=O)C(C)Nc1ccnc2cc(Br)cnc12. The number of carbonyl (C=O) groups excluding carboxylic acids is 1. The van der Waals surface area contributed by atoms with Crippen LogP contribution in [0, 0.1) is 0 Å². The predicted molar refractivity (Wildman–Crippen MR) is 72.3 cm³/mol. The van der Waals surface area contributed by atoms with Crippen molar-refractivity contribution in [3.05, 3.63) is 29.0 Å². The first kappa shape index (κ1) is 12.8. The van der Waals surface area contributed by atoms with E-state index in [0.717, 1.165) is 21.2 Å². The normalized spacial score (nSPS) is 12.2. The Balaban J connectivity index is 2.36. The Morgan fingerprint density at radius 3 is 3.00 bits per heavy atom. The molecule has 0 bridgehead atoms. The van der Waals surface area contributed by atoms with Gasteiger partial charge in [-0.2, -0.15) is 0 Å². The summed E-state index contributed by atoms with van der Waals surface area (Å²) >= 11 is 3.35. The number of esters is 1. The number of nitrogens with zero attached hydrogens (tertiary/aromatic N) is 2. The fourth-order valence-corrected chi connectivity index (χ4v) is 1.91. The minimum atomic E-state index is -0.439. The molecule has 2 aromatic heterocycles. The number of hydrogen-bond donors (Lipinski definition) is 1.